The van der Waals surface area contributed by atoms with Crippen LogP contribution in [0.15, 0.2) is 12.3 Å². The smallest absolute Gasteiger partial charge is 0.236 e. The number of carbonyl (C=O) groups is 1. The van der Waals surface area contributed by atoms with Crippen molar-refractivity contribution in [1.82, 2.24) is 15.2 Å². The average Bonchev–Trinajstić information content (AvgIpc) is 2.39. The zero-order valence-electron chi connectivity index (χ0n) is 10.7. The molecule has 5 nitrogen and oxygen atoms in total. The van der Waals surface area contributed by atoms with E-state index in [1.807, 2.05) is 4.90 Å². The van der Waals surface area contributed by atoms with Gasteiger partial charge in [0.25, 0.3) is 0 Å². The molecule has 1 aromatic rings. The summed E-state index contributed by atoms with van der Waals surface area (Å²) < 4.78 is 0. The molecule has 1 fully saturated rings. The normalized spacial score (nSPS) is 15.7. The molecule has 104 valence electrons. The van der Waals surface area contributed by atoms with E-state index in [2.05, 4.69) is 15.2 Å². The van der Waals surface area contributed by atoms with Crippen molar-refractivity contribution >= 4 is 34.9 Å². The summed E-state index contributed by atoms with van der Waals surface area (Å²) in [6.45, 7) is 3.19. The zero-order valence-corrected chi connectivity index (χ0v) is 12.2. The van der Waals surface area contributed by atoms with Crippen molar-refractivity contribution in [2.24, 2.45) is 0 Å². The quantitative estimate of drug-likeness (QED) is 0.913. The number of anilines is 1. The highest BCUT2D eigenvalue weighted by Gasteiger charge is 2.22. The van der Waals surface area contributed by atoms with Crippen molar-refractivity contribution in [3.8, 4) is 0 Å². The maximum atomic E-state index is 11.7. The summed E-state index contributed by atoms with van der Waals surface area (Å²) in [5.74, 6) is 0.851. The maximum Gasteiger partial charge on any atom is 0.236 e. The summed E-state index contributed by atoms with van der Waals surface area (Å²) in [7, 11) is 1.77. The van der Waals surface area contributed by atoms with Gasteiger partial charge in [-0.25, -0.2) is 4.98 Å². The van der Waals surface area contributed by atoms with E-state index in [1.165, 1.54) is 0 Å². The number of rotatable bonds is 3. The second kappa shape index (κ2) is 6.41. The molecular weight excluding hydrogens is 287 g/mol. The van der Waals surface area contributed by atoms with Gasteiger partial charge in [0.05, 0.1) is 16.6 Å². The molecule has 0 saturated carbocycles. The minimum absolute atomic E-state index is 0.123. The van der Waals surface area contributed by atoms with Crippen LogP contribution in [0.25, 0.3) is 0 Å². The van der Waals surface area contributed by atoms with Gasteiger partial charge in [0, 0.05) is 32.4 Å². The molecule has 1 aliphatic rings. The van der Waals surface area contributed by atoms with Gasteiger partial charge in [-0.3, -0.25) is 4.79 Å². The highest BCUT2D eigenvalue weighted by molar-refractivity contribution is 6.36. The molecule has 1 amide bonds. The molecule has 1 saturated heterocycles. The van der Waals surface area contributed by atoms with Crippen LogP contribution in [-0.4, -0.2) is 55.6 Å². The molecule has 0 unspecified atom stereocenters. The van der Waals surface area contributed by atoms with Crippen molar-refractivity contribution in [1.29, 1.82) is 0 Å². The lowest BCUT2D eigenvalue weighted by Crippen LogP contribution is -2.50. The lowest BCUT2D eigenvalue weighted by molar-refractivity contribution is -0.130. The van der Waals surface area contributed by atoms with Crippen LogP contribution in [0.1, 0.15) is 0 Å². The van der Waals surface area contributed by atoms with Gasteiger partial charge in [0.2, 0.25) is 5.91 Å². The van der Waals surface area contributed by atoms with Crippen LogP contribution in [0.3, 0.4) is 0 Å². The van der Waals surface area contributed by atoms with Crippen molar-refractivity contribution in [2.45, 2.75) is 0 Å². The topological polar surface area (TPSA) is 48.5 Å². The van der Waals surface area contributed by atoms with Crippen LogP contribution in [0.5, 0.6) is 0 Å². The first kappa shape index (κ1) is 14.4. The van der Waals surface area contributed by atoms with Crippen LogP contribution in [0.4, 0.5) is 5.82 Å². The van der Waals surface area contributed by atoms with Crippen LogP contribution in [0, 0.1) is 0 Å². The molecular formula is C12H16Cl2N4O. The molecule has 0 aliphatic carbocycles. The highest BCUT2D eigenvalue weighted by Crippen LogP contribution is 2.26. The lowest BCUT2D eigenvalue weighted by atomic mass is 10.3. The number of nitrogens with one attached hydrogen (secondary N) is 1. The minimum Gasteiger partial charge on any atom is -0.352 e. The number of pyridine rings is 1. The molecule has 0 aromatic carbocycles. The largest absolute Gasteiger partial charge is 0.352 e. The third-order valence-electron chi connectivity index (χ3n) is 3.05. The summed E-state index contributed by atoms with van der Waals surface area (Å²) in [4.78, 5) is 19.9. The van der Waals surface area contributed by atoms with Gasteiger partial charge in [0.15, 0.2) is 0 Å². The Morgan fingerprint density at radius 1 is 1.37 bits per heavy atom. The Labute approximate surface area is 122 Å². The average molecular weight is 303 g/mol. The molecule has 1 aliphatic heterocycles. The van der Waals surface area contributed by atoms with Gasteiger partial charge >= 0.3 is 0 Å². The van der Waals surface area contributed by atoms with E-state index in [0.717, 1.165) is 18.9 Å². The van der Waals surface area contributed by atoms with Crippen molar-refractivity contribution in [3.63, 3.8) is 0 Å². The second-order valence-electron chi connectivity index (χ2n) is 4.36. The fourth-order valence-electron chi connectivity index (χ4n) is 2.07. The molecule has 0 atom stereocenters. The van der Waals surface area contributed by atoms with Gasteiger partial charge in [-0.05, 0) is 13.1 Å². The van der Waals surface area contributed by atoms with Crippen LogP contribution >= 0.6 is 23.2 Å². The van der Waals surface area contributed by atoms with Crippen molar-refractivity contribution in [2.75, 3.05) is 44.7 Å². The lowest BCUT2D eigenvalue weighted by Gasteiger charge is -2.35. The van der Waals surface area contributed by atoms with Crippen molar-refractivity contribution in [3.05, 3.63) is 22.3 Å². The highest BCUT2D eigenvalue weighted by atomic mass is 35.5. The maximum absolute atomic E-state index is 11.7. The molecule has 2 heterocycles. The number of hydrogen-bond donors (Lipinski definition) is 1. The van der Waals surface area contributed by atoms with E-state index in [-0.39, 0.29) is 5.91 Å². The first-order valence-electron chi connectivity index (χ1n) is 6.10. The Balaban J connectivity index is 1.98. The van der Waals surface area contributed by atoms with Crippen molar-refractivity contribution < 1.29 is 4.79 Å². The van der Waals surface area contributed by atoms with Gasteiger partial charge in [-0.1, -0.05) is 23.2 Å². The zero-order chi connectivity index (χ0) is 13.8. The third-order valence-corrected chi connectivity index (χ3v) is 3.53. The first-order valence-corrected chi connectivity index (χ1v) is 6.86. The van der Waals surface area contributed by atoms with E-state index in [9.17, 15) is 4.79 Å². The number of piperazine rings is 1. The number of nitrogens with zero attached hydrogens (tertiary/aromatic N) is 3. The number of hydrogen-bond acceptors (Lipinski definition) is 4. The SMILES string of the molecule is CNCC(=O)N1CCN(c2ncc(Cl)cc2Cl)CC1. The van der Waals surface area contributed by atoms with Gasteiger partial charge in [-0.15, -0.1) is 0 Å². The van der Waals surface area contributed by atoms with Crippen LogP contribution < -0.4 is 10.2 Å². The summed E-state index contributed by atoms with van der Waals surface area (Å²) in [6.07, 6.45) is 1.58. The standard InChI is InChI=1S/C12H16Cl2N4O/c1-15-8-11(19)17-2-4-18(5-3-17)12-10(14)6-9(13)7-16-12/h6-7,15H,2-5,8H2,1H3. The van der Waals surface area contributed by atoms with Crippen LogP contribution in [0.2, 0.25) is 10.0 Å². The van der Waals surface area contributed by atoms with Gasteiger partial charge in [0.1, 0.15) is 5.82 Å². The van der Waals surface area contributed by atoms with Gasteiger partial charge < -0.3 is 15.1 Å². The van der Waals surface area contributed by atoms with E-state index in [4.69, 9.17) is 23.2 Å². The molecule has 7 heteroatoms. The number of amides is 1. The Kier molecular flexibility index (Phi) is 4.85. The van der Waals surface area contributed by atoms with E-state index in [0.29, 0.717) is 29.7 Å². The summed E-state index contributed by atoms with van der Waals surface area (Å²) >= 11 is 12.0. The fraction of sp³-hybridized carbons (Fsp3) is 0.500. The predicted octanol–water partition coefficient (Wildman–Crippen LogP) is 1.26. The van der Waals surface area contributed by atoms with E-state index in [1.54, 1.807) is 19.3 Å². The van der Waals surface area contributed by atoms with E-state index >= 15 is 0 Å². The second-order valence-corrected chi connectivity index (χ2v) is 5.20. The van der Waals surface area contributed by atoms with Gasteiger partial charge in [-0.2, -0.15) is 0 Å². The molecule has 1 N–H and O–H groups in total. The molecule has 0 radical (unpaired) electrons. The summed E-state index contributed by atoms with van der Waals surface area (Å²) in [5, 5.41) is 3.94. The Morgan fingerprint density at radius 3 is 2.63 bits per heavy atom. The van der Waals surface area contributed by atoms with E-state index < -0.39 is 0 Å². The predicted molar refractivity (Wildman–Crippen MR) is 77.0 cm³/mol. The monoisotopic (exact) mass is 302 g/mol. The fourth-order valence-corrected chi connectivity index (χ4v) is 2.57. The molecule has 0 spiro atoms. The Hall–Kier alpha value is -1.04. The molecule has 1 aromatic heterocycles. The number of aromatic nitrogens is 1. The number of halogens is 2. The third kappa shape index (κ3) is 3.49. The Bertz CT molecular complexity index is 461. The van der Waals surface area contributed by atoms with Crippen LogP contribution in [-0.2, 0) is 4.79 Å². The molecule has 19 heavy (non-hydrogen) atoms. The first-order chi connectivity index (χ1) is 9.11. The molecule has 2 rings (SSSR count). The summed E-state index contributed by atoms with van der Waals surface area (Å²) in [5.41, 5.74) is 0. The number of carbonyl (C=O) groups excluding carboxylic acids is 1. The Morgan fingerprint density at radius 2 is 2.05 bits per heavy atom. The summed E-state index contributed by atoms with van der Waals surface area (Å²) in [6, 6.07) is 1.68. The molecule has 0 bridgehead atoms. The minimum atomic E-state index is 0.123. The number of likely N-dealkylation sites (N-methyl/N-ethyl adjacent to an activating group) is 1.